The molecule has 3 rings (SSSR count). The minimum absolute atomic E-state index is 0.199. The molecule has 0 saturated heterocycles. The summed E-state index contributed by atoms with van der Waals surface area (Å²) in [7, 11) is 0. The molecular weight excluding hydrogens is 273 g/mol. The van der Waals surface area contributed by atoms with E-state index in [1.54, 1.807) is 23.5 Å². The van der Waals surface area contributed by atoms with Gasteiger partial charge in [0.1, 0.15) is 5.82 Å². The average molecular weight is 289 g/mol. The SMILES string of the molecule is CC(N)(Cc1cn2ccsc2n1)Cc1ccccc1F. The molecule has 0 saturated carbocycles. The number of nitrogens with two attached hydrogens (primary N) is 1. The smallest absolute Gasteiger partial charge is 0.193 e. The Balaban J connectivity index is 1.78. The van der Waals surface area contributed by atoms with E-state index in [0.29, 0.717) is 18.4 Å². The van der Waals surface area contributed by atoms with Crippen molar-refractivity contribution in [3.63, 3.8) is 0 Å². The van der Waals surface area contributed by atoms with Crippen LogP contribution in [0, 0.1) is 5.82 Å². The van der Waals surface area contributed by atoms with Crippen molar-refractivity contribution in [3.05, 3.63) is 59.1 Å². The Morgan fingerprint density at radius 2 is 2.15 bits per heavy atom. The van der Waals surface area contributed by atoms with Gasteiger partial charge in [-0.2, -0.15) is 0 Å². The molecule has 0 aliphatic rings. The van der Waals surface area contributed by atoms with Gasteiger partial charge < -0.3 is 5.73 Å². The second kappa shape index (κ2) is 5.00. The van der Waals surface area contributed by atoms with Crippen LogP contribution < -0.4 is 5.73 Å². The van der Waals surface area contributed by atoms with Gasteiger partial charge in [0.05, 0.1) is 5.69 Å². The number of halogens is 1. The zero-order valence-corrected chi connectivity index (χ0v) is 12.0. The van der Waals surface area contributed by atoms with Crippen LogP contribution in [0.4, 0.5) is 4.39 Å². The molecule has 1 atom stereocenters. The Bertz CT molecular complexity index is 701. The minimum Gasteiger partial charge on any atom is -0.325 e. The van der Waals surface area contributed by atoms with Crippen molar-refractivity contribution in [2.45, 2.75) is 25.3 Å². The van der Waals surface area contributed by atoms with E-state index in [0.717, 1.165) is 10.7 Å². The lowest BCUT2D eigenvalue weighted by atomic mass is 9.89. The van der Waals surface area contributed by atoms with E-state index in [1.807, 2.05) is 35.2 Å². The number of thiazole rings is 1. The third-order valence-electron chi connectivity index (χ3n) is 3.28. The zero-order chi connectivity index (χ0) is 14.2. The van der Waals surface area contributed by atoms with Crippen LogP contribution in [0.1, 0.15) is 18.2 Å². The molecule has 0 fully saturated rings. The second-order valence-electron chi connectivity index (χ2n) is 5.42. The summed E-state index contributed by atoms with van der Waals surface area (Å²) < 4.78 is 15.7. The molecule has 0 aliphatic heterocycles. The van der Waals surface area contributed by atoms with Crippen molar-refractivity contribution in [1.29, 1.82) is 0 Å². The highest BCUT2D eigenvalue weighted by Crippen LogP contribution is 2.20. The molecule has 20 heavy (non-hydrogen) atoms. The number of aromatic nitrogens is 2. The number of fused-ring (bicyclic) bond motifs is 1. The molecular formula is C15H16FN3S. The Morgan fingerprint density at radius 1 is 1.35 bits per heavy atom. The van der Waals surface area contributed by atoms with Crippen LogP contribution in [0.2, 0.25) is 0 Å². The third kappa shape index (κ3) is 2.73. The molecule has 0 radical (unpaired) electrons. The first kappa shape index (κ1) is 13.3. The molecule has 104 valence electrons. The van der Waals surface area contributed by atoms with Crippen molar-refractivity contribution in [1.82, 2.24) is 9.38 Å². The molecule has 2 aromatic heterocycles. The molecule has 2 heterocycles. The van der Waals surface area contributed by atoms with Gasteiger partial charge in [-0.05, 0) is 25.0 Å². The van der Waals surface area contributed by atoms with Crippen LogP contribution in [0.25, 0.3) is 4.96 Å². The summed E-state index contributed by atoms with van der Waals surface area (Å²) >= 11 is 1.59. The van der Waals surface area contributed by atoms with Crippen molar-refractivity contribution in [2.24, 2.45) is 5.73 Å². The number of hydrogen-bond acceptors (Lipinski definition) is 3. The summed E-state index contributed by atoms with van der Waals surface area (Å²) in [6.45, 7) is 1.94. The van der Waals surface area contributed by atoms with Gasteiger partial charge in [-0.3, -0.25) is 4.40 Å². The molecule has 3 aromatic rings. The lowest BCUT2D eigenvalue weighted by Crippen LogP contribution is -2.41. The summed E-state index contributed by atoms with van der Waals surface area (Å²) in [4.78, 5) is 5.49. The van der Waals surface area contributed by atoms with Crippen LogP contribution in [0.3, 0.4) is 0 Å². The summed E-state index contributed by atoms with van der Waals surface area (Å²) in [6.07, 6.45) is 5.07. The average Bonchev–Trinajstić information content (AvgIpc) is 2.92. The monoisotopic (exact) mass is 289 g/mol. The molecule has 0 aliphatic carbocycles. The fraction of sp³-hybridized carbons (Fsp3) is 0.267. The maximum atomic E-state index is 13.7. The Hall–Kier alpha value is -1.72. The lowest BCUT2D eigenvalue weighted by molar-refractivity contribution is 0.447. The first-order chi connectivity index (χ1) is 9.53. The van der Waals surface area contributed by atoms with Gasteiger partial charge in [0.25, 0.3) is 0 Å². The maximum Gasteiger partial charge on any atom is 0.193 e. The summed E-state index contributed by atoms with van der Waals surface area (Å²) in [5.41, 5.74) is 7.40. The molecule has 0 amide bonds. The fourth-order valence-electron chi connectivity index (χ4n) is 2.41. The highest BCUT2D eigenvalue weighted by Gasteiger charge is 2.23. The van der Waals surface area contributed by atoms with Crippen LogP contribution >= 0.6 is 11.3 Å². The van der Waals surface area contributed by atoms with Crippen molar-refractivity contribution in [3.8, 4) is 0 Å². The van der Waals surface area contributed by atoms with Gasteiger partial charge in [-0.1, -0.05) is 18.2 Å². The van der Waals surface area contributed by atoms with Gasteiger partial charge in [-0.15, -0.1) is 11.3 Å². The normalized spacial score (nSPS) is 14.6. The summed E-state index contributed by atoms with van der Waals surface area (Å²) in [5, 5.41) is 1.99. The molecule has 1 aromatic carbocycles. The Morgan fingerprint density at radius 3 is 2.90 bits per heavy atom. The van der Waals surface area contributed by atoms with E-state index in [4.69, 9.17) is 5.73 Å². The Labute approximate surface area is 120 Å². The van der Waals surface area contributed by atoms with Crippen LogP contribution in [0.5, 0.6) is 0 Å². The van der Waals surface area contributed by atoms with Crippen LogP contribution in [0.15, 0.2) is 42.0 Å². The van der Waals surface area contributed by atoms with E-state index >= 15 is 0 Å². The molecule has 0 spiro atoms. The highest BCUT2D eigenvalue weighted by molar-refractivity contribution is 7.15. The molecule has 2 N–H and O–H groups in total. The first-order valence-electron chi connectivity index (χ1n) is 6.47. The minimum atomic E-state index is -0.522. The maximum absolute atomic E-state index is 13.7. The van der Waals surface area contributed by atoms with Gasteiger partial charge in [-0.25, -0.2) is 9.37 Å². The number of hydrogen-bond donors (Lipinski definition) is 1. The van der Waals surface area contributed by atoms with Gasteiger partial charge >= 0.3 is 0 Å². The topological polar surface area (TPSA) is 43.3 Å². The van der Waals surface area contributed by atoms with E-state index in [1.165, 1.54) is 6.07 Å². The van der Waals surface area contributed by atoms with Gasteiger partial charge in [0.2, 0.25) is 0 Å². The van der Waals surface area contributed by atoms with Crippen molar-refractivity contribution in [2.75, 3.05) is 0 Å². The predicted molar refractivity (Wildman–Crippen MR) is 79.5 cm³/mol. The number of imidazole rings is 1. The predicted octanol–water partition coefficient (Wildman–Crippen LogP) is 3.04. The van der Waals surface area contributed by atoms with Gasteiger partial charge in [0.15, 0.2) is 4.96 Å². The first-order valence-corrected chi connectivity index (χ1v) is 7.35. The molecule has 1 unspecified atom stereocenters. The quantitative estimate of drug-likeness (QED) is 0.802. The van der Waals surface area contributed by atoms with E-state index in [-0.39, 0.29) is 5.82 Å². The Kier molecular flexibility index (Phi) is 3.31. The fourth-order valence-corrected chi connectivity index (χ4v) is 3.13. The summed E-state index contributed by atoms with van der Waals surface area (Å²) in [5.74, 6) is -0.199. The number of nitrogens with zero attached hydrogens (tertiary/aromatic N) is 2. The van der Waals surface area contributed by atoms with Crippen molar-refractivity contribution < 1.29 is 4.39 Å². The van der Waals surface area contributed by atoms with E-state index in [9.17, 15) is 4.39 Å². The second-order valence-corrected chi connectivity index (χ2v) is 6.30. The van der Waals surface area contributed by atoms with Crippen LogP contribution in [-0.4, -0.2) is 14.9 Å². The number of benzene rings is 1. The lowest BCUT2D eigenvalue weighted by Gasteiger charge is -2.24. The van der Waals surface area contributed by atoms with E-state index < -0.39 is 5.54 Å². The third-order valence-corrected chi connectivity index (χ3v) is 4.05. The molecule has 3 nitrogen and oxygen atoms in total. The van der Waals surface area contributed by atoms with Crippen molar-refractivity contribution >= 4 is 16.3 Å². The largest absolute Gasteiger partial charge is 0.325 e. The van der Waals surface area contributed by atoms with Gasteiger partial charge in [0, 0.05) is 29.7 Å². The standard InChI is InChI=1S/C15H16FN3S/c1-15(17,8-11-4-2-3-5-13(11)16)9-12-10-19-6-7-20-14(19)18-12/h2-7,10H,8-9,17H2,1H3. The zero-order valence-electron chi connectivity index (χ0n) is 11.2. The number of rotatable bonds is 4. The molecule has 5 heteroatoms. The van der Waals surface area contributed by atoms with Crippen LogP contribution in [-0.2, 0) is 12.8 Å². The highest BCUT2D eigenvalue weighted by atomic mass is 32.1. The summed E-state index contributed by atoms with van der Waals surface area (Å²) in [6, 6.07) is 6.78. The molecule has 0 bridgehead atoms. The van der Waals surface area contributed by atoms with E-state index in [2.05, 4.69) is 4.98 Å².